The molecule has 0 saturated carbocycles. The number of fused-ring (bicyclic) bond motifs is 1. The maximum atomic E-state index is 13.1. The highest BCUT2D eigenvalue weighted by Gasteiger charge is 2.31. The lowest BCUT2D eigenvalue weighted by Crippen LogP contribution is -2.58. The Labute approximate surface area is 218 Å². The number of amides is 3. The Morgan fingerprint density at radius 2 is 1.51 bits per heavy atom. The van der Waals surface area contributed by atoms with Gasteiger partial charge in [-0.1, -0.05) is 76.6 Å². The Morgan fingerprint density at radius 3 is 2.14 bits per heavy atom. The van der Waals surface area contributed by atoms with Gasteiger partial charge in [-0.15, -0.1) is 0 Å². The quantitative estimate of drug-likeness (QED) is 0.278. The third kappa shape index (κ3) is 8.56. The van der Waals surface area contributed by atoms with Crippen molar-refractivity contribution in [2.24, 2.45) is 17.6 Å². The molecule has 202 valence electrons. The summed E-state index contributed by atoms with van der Waals surface area (Å²) in [5, 5.41) is 19.3. The molecule has 0 fully saturated rings. The molecule has 0 spiro atoms. The minimum atomic E-state index is -1.13. The first-order valence-electron chi connectivity index (χ1n) is 12.8. The highest BCUT2D eigenvalue weighted by atomic mass is 16.4. The Hall–Kier alpha value is -3.46. The van der Waals surface area contributed by atoms with Crippen LogP contribution in [0.3, 0.4) is 0 Å². The highest BCUT2D eigenvalue weighted by Crippen LogP contribution is 2.20. The van der Waals surface area contributed by atoms with Crippen LogP contribution in [0.5, 0.6) is 0 Å². The maximum Gasteiger partial charge on any atom is 0.326 e. The van der Waals surface area contributed by atoms with E-state index in [0.717, 1.165) is 16.3 Å². The number of carbonyl (C=O) groups excluding carboxylic acids is 3. The van der Waals surface area contributed by atoms with Gasteiger partial charge in [0.15, 0.2) is 0 Å². The molecule has 0 bridgehead atoms. The topological polar surface area (TPSA) is 151 Å². The van der Waals surface area contributed by atoms with Gasteiger partial charge in [0, 0.05) is 0 Å². The molecule has 9 nitrogen and oxygen atoms in total. The van der Waals surface area contributed by atoms with Crippen molar-refractivity contribution in [1.29, 1.82) is 0 Å². The second-order valence-corrected chi connectivity index (χ2v) is 10.1. The average Bonchev–Trinajstić information content (AvgIpc) is 2.85. The van der Waals surface area contributed by atoms with Gasteiger partial charge in [0.05, 0.1) is 6.04 Å². The van der Waals surface area contributed by atoms with Crippen molar-refractivity contribution in [2.45, 2.75) is 78.0 Å². The zero-order valence-electron chi connectivity index (χ0n) is 22.3. The first-order chi connectivity index (χ1) is 17.4. The molecule has 0 radical (unpaired) electrons. The maximum absolute atomic E-state index is 13.1. The normalized spacial score (nSPS) is 15.3. The van der Waals surface area contributed by atoms with Crippen LogP contribution in [0.15, 0.2) is 42.5 Å². The average molecular weight is 513 g/mol. The summed E-state index contributed by atoms with van der Waals surface area (Å²) in [7, 11) is 0. The highest BCUT2D eigenvalue weighted by molar-refractivity contribution is 5.94. The molecule has 2 rings (SSSR count). The minimum Gasteiger partial charge on any atom is -0.480 e. The van der Waals surface area contributed by atoms with Crippen LogP contribution in [0.25, 0.3) is 10.8 Å². The van der Waals surface area contributed by atoms with Crippen LogP contribution < -0.4 is 21.7 Å². The first kappa shape index (κ1) is 29.8. The molecular formula is C28H40N4O5. The zero-order valence-corrected chi connectivity index (χ0v) is 22.3. The third-order valence-corrected chi connectivity index (χ3v) is 6.52. The Bertz CT molecular complexity index is 1100. The smallest absolute Gasteiger partial charge is 0.326 e. The number of nitrogens with two attached hydrogens (primary N) is 1. The predicted molar refractivity (Wildman–Crippen MR) is 144 cm³/mol. The van der Waals surface area contributed by atoms with Crippen LogP contribution in [0.2, 0.25) is 0 Å². The SMILES string of the molecule is CC[C@H](C)[C@H](NC(=O)[C@@H](N)Cc1cccc2ccccc12)C(=O)N[C@@H](C)C(=O)N[C@@H](CC(C)C)C(=O)O. The molecule has 0 unspecified atom stereocenters. The van der Waals surface area contributed by atoms with Crippen LogP contribution in [-0.4, -0.2) is 53.0 Å². The lowest BCUT2D eigenvalue weighted by atomic mass is 9.96. The van der Waals surface area contributed by atoms with Crippen LogP contribution >= 0.6 is 0 Å². The fourth-order valence-corrected chi connectivity index (χ4v) is 4.12. The molecule has 0 aliphatic carbocycles. The van der Waals surface area contributed by atoms with Gasteiger partial charge in [-0.2, -0.15) is 0 Å². The number of hydrogen-bond acceptors (Lipinski definition) is 5. The number of aliphatic carboxylic acids is 1. The van der Waals surface area contributed by atoms with Gasteiger partial charge in [0.25, 0.3) is 0 Å². The van der Waals surface area contributed by atoms with Gasteiger partial charge in [0.2, 0.25) is 17.7 Å². The summed E-state index contributed by atoms with van der Waals surface area (Å²) >= 11 is 0. The molecule has 6 N–H and O–H groups in total. The van der Waals surface area contributed by atoms with Gasteiger partial charge in [0.1, 0.15) is 18.1 Å². The van der Waals surface area contributed by atoms with Crippen LogP contribution in [0.1, 0.15) is 53.0 Å². The fraction of sp³-hybridized carbons (Fsp3) is 0.500. The van der Waals surface area contributed by atoms with Crippen molar-refractivity contribution in [3.63, 3.8) is 0 Å². The van der Waals surface area contributed by atoms with Crippen molar-refractivity contribution >= 4 is 34.5 Å². The number of carbonyl (C=O) groups is 4. The standard InChI is InChI=1S/C28H40N4O5/c1-6-17(4)24(27(35)30-18(5)25(33)31-23(28(36)37)14-16(2)3)32-26(34)22(29)15-20-12-9-11-19-10-7-8-13-21(19)20/h7-13,16-18,22-24H,6,14-15,29H2,1-5H3,(H,30,35)(H,31,33)(H,32,34)(H,36,37)/t17-,18-,22-,23-,24-/m0/s1. The molecule has 9 heteroatoms. The summed E-state index contributed by atoms with van der Waals surface area (Å²) in [5.74, 6) is -2.90. The molecule has 2 aromatic rings. The van der Waals surface area contributed by atoms with Gasteiger partial charge in [-0.25, -0.2) is 4.79 Å². The summed E-state index contributed by atoms with van der Waals surface area (Å²) in [5.41, 5.74) is 7.17. The van der Waals surface area contributed by atoms with E-state index in [0.29, 0.717) is 12.8 Å². The molecule has 0 heterocycles. The molecule has 37 heavy (non-hydrogen) atoms. The van der Waals surface area contributed by atoms with E-state index < -0.39 is 47.9 Å². The predicted octanol–water partition coefficient (Wildman–Crippen LogP) is 2.36. The number of rotatable bonds is 13. The van der Waals surface area contributed by atoms with Crippen LogP contribution in [0.4, 0.5) is 0 Å². The number of nitrogens with one attached hydrogen (secondary N) is 3. The molecule has 2 aromatic carbocycles. The van der Waals surface area contributed by atoms with E-state index in [1.165, 1.54) is 6.92 Å². The summed E-state index contributed by atoms with van der Waals surface area (Å²) < 4.78 is 0. The minimum absolute atomic E-state index is 0.0642. The van der Waals surface area contributed by atoms with Crippen molar-refractivity contribution in [1.82, 2.24) is 16.0 Å². The van der Waals surface area contributed by atoms with Crippen LogP contribution in [-0.2, 0) is 25.6 Å². The molecule has 0 aromatic heterocycles. The Kier molecular flexibility index (Phi) is 11.1. The van der Waals surface area contributed by atoms with E-state index >= 15 is 0 Å². The fourth-order valence-electron chi connectivity index (χ4n) is 4.12. The van der Waals surface area contributed by atoms with Gasteiger partial charge < -0.3 is 26.8 Å². The van der Waals surface area contributed by atoms with E-state index in [1.54, 1.807) is 0 Å². The summed E-state index contributed by atoms with van der Waals surface area (Å²) in [4.78, 5) is 50.1. The summed E-state index contributed by atoms with van der Waals surface area (Å²) in [6.07, 6.45) is 1.17. The van der Waals surface area contributed by atoms with Gasteiger partial charge in [-0.05, 0) is 47.9 Å². The van der Waals surface area contributed by atoms with E-state index in [1.807, 2.05) is 70.2 Å². The van der Waals surface area contributed by atoms with Crippen LogP contribution in [0, 0.1) is 11.8 Å². The van der Waals surface area contributed by atoms with Crippen molar-refractivity contribution < 1.29 is 24.3 Å². The van der Waals surface area contributed by atoms with Crippen molar-refractivity contribution in [2.75, 3.05) is 0 Å². The van der Waals surface area contributed by atoms with Gasteiger partial charge >= 0.3 is 5.97 Å². The first-order valence-corrected chi connectivity index (χ1v) is 12.8. The van der Waals surface area contributed by atoms with E-state index in [9.17, 15) is 24.3 Å². The molecule has 0 saturated heterocycles. The number of hydrogen-bond donors (Lipinski definition) is 5. The number of carboxylic acids is 1. The van der Waals surface area contributed by atoms with E-state index in [4.69, 9.17) is 5.73 Å². The van der Waals surface area contributed by atoms with E-state index in [-0.39, 0.29) is 18.3 Å². The largest absolute Gasteiger partial charge is 0.480 e. The molecule has 3 amide bonds. The second kappa shape index (κ2) is 13.7. The third-order valence-electron chi connectivity index (χ3n) is 6.52. The molecular weight excluding hydrogens is 472 g/mol. The van der Waals surface area contributed by atoms with Gasteiger partial charge in [-0.3, -0.25) is 14.4 Å². The van der Waals surface area contributed by atoms with E-state index in [2.05, 4.69) is 16.0 Å². The Balaban J connectivity index is 2.06. The van der Waals surface area contributed by atoms with Crippen molar-refractivity contribution in [3.05, 3.63) is 48.0 Å². The number of carboxylic acid groups (broad SMARTS) is 1. The molecule has 5 atom stereocenters. The van der Waals surface area contributed by atoms with Crippen molar-refractivity contribution in [3.8, 4) is 0 Å². The number of benzene rings is 2. The molecule has 0 aliphatic heterocycles. The monoisotopic (exact) mass is 512 g/mol. The lowest BCUT2D eigenvalue weighted by molar-refractivity contribution is -0.142. The second-order valence-electron chi connectivity index (χ2n) is 10.1. The summed E-state index contributed by atoms with van der Waals surface area (Å²) in [6.45, 7) is 8.92. The Morgan fingerprint density at radius 1 is 0.865 bits per heavy atom. The summed E-state index contributed by atoms with van der Waals surface area (Å²) in [6, 6.07) is 9.86. The molecule has 0 aliphatic rings. The zero-order chi connectivity index (χ0) is 27.7. The lowest BCUT2D eigenvalue weighted by Gasteiger charge is -2.27.